The standard InChI is InChI=1S/C17H24N4O3S/c1-19-12-17(24-16(19)23)4-2-7-20(9-5-17)14(22)10-13-11-25-15-18-6-3-8-21(13)15/h11H,2-10,12H2,1H3/t17-/m0/s1. The van der Waals surface area contributed by atoms with Gasteiger partial charge in [0.25, 0.3) is 0 Å². The van der Waals surface area contributed by atoms with Crippen LogP contribution in [0.4, 0.5) is 4.79 Å². The number of hydrogen-bond acceptors (Lipinski definition) is 6. The lowest BCUT2D eigenvalue weighted by Crippen LogP contribution is -2.38. The third-order valence-electron chi connectivity index (χ3n) is 5.39. The first-order valence-corrected chi connectivity index (χ1v) is 9.84. The van der Waals surface area contributed by atoms with Gasteiger partial charge in [-0.2, -0.15) is 0 Å². The first-order chi connectivity index (χ1) is 12.1. The van der Waals surface area contributed by atoms with Gasteiger partial charge in [0, 0.05) is 45.3 Å². The largest absolute Gasteiger partial charge is 0.441 e. The Labute approximate surface area is 152 Å². The van der Waals surface area contributed by atoms with Crippen LogP contribution >= 0.6 is 11.8 Å². The molecule has 2 saturated heterocycles. The maximum atomic E-state index is 12.8. The zero-order valence-electron chi connectivity index (χ0n) is 14.6. The van der Waals surface area contributed by atoms with Gasteiger partial charge in [0.1, 0.15) is 5.60 Å². The fourth-order valence-corrected chi connectivity index (χ4v) is 4.96. The quantitative estimate of drug-likeness (QED) is 0.748. The Balaban J connectivity index is 1.36. The van der Waals surface area contributed by atoms with Gasteiger partial charge in [-0.3, -0.25) is 9.79 Å². The van der Waals surface area contributed by atoms with E-state index in [1.807, 2.05) is 4.90 Å². The van der Waals surface area contributed by atoms with E-state index < -0.39 is 5.60 Å². The minimum atomic E-state index is -0.407. The van der Waals surface area contributed by atoms with Crippen LogP contribution in [0.2, 0.25) is 0 Å². The summed E-state index contributed by atoms with van der Waals surface area (Å²) in [5, 5.41) is 3.10. The summed E-state index contributed by atoms with van der Waals surface area (Å²) < 4.78 is 5.62. The summed E-state index contributed by atoms with van der Waals surface area (Å²) in [4.78, 5) is 34.8. The van der Waals surface area contributed by atoms with Crippen molar-refractivity contribution in [1.29, 1.82) is 0 Å². The van der Waals surface area contributed by atoms with E-state index in [1.165, 1.54) is 0 Å². The van der Waals surface area contributed by atoms with Gasteiger partial charge in [0.05, 0.1) is 13.0 Å². The molecule has 4 aliphatic heterocycles. The van der Waals surface area contributed by atoms with Crippen LogP contribution in [0.3, 0.4) is 0 Å². The Morgan fingerprint density at radius 2 is 2.20 bits per heavy atom. The Bertz CT molecular complexity index is 650. The highest BCUT2D eigenvalue weighted by Gasteiger charge is 2.44. The van der Waals surface area contributed by atoms with Gasteiger partial charge in [0.15, 0.2) is 5.17 Å². The Kier molecular flexibility index (Phi) is 4.39. The number of aliphatic imine (C=N–C) groups is 1. The molecule has 0 radical (unpaired) electrons. The number of likely N-dealkylation sites (N-methyl/N-ethyl adjacent to an activating group) is 1. The molecule has 4 heterocycles. The molecule has 0 aromatic carbocycles. The van der Waals surface area contributed by atoms with E-state index in [-0.39, 0.29) is 12.0 Å². The van der Waals surface area contributed by atoms with Gasteiger partial charge < -0.3 is 19.4 Å². The SMILES string of the molecule is CN1C[C@@]2(CCCN(C(=O)CC3=CSC4=NCCCN34)CC2)OC1=O. The molecule has 0 N–H and O–H groups in total. The van der Waals surface area contributed by atoms with Crippen LogP contribution in [-0.4, -0.2) is 77.2 Å². The molecule has 0 aromatic rings. The van der Waals surface area contributed by atoms with Crippen LogP contribution in [-0.2, 0) is 9.53 Å². The molecule has 4 rings (SSSR count). The lowest BCUT2D eigenvalue weighted by atomic mass is 9.95. The van der Waals surface area contributed by atoms with Crippen molar-refractivity contribution in [1.82, 2.24) is 14.7 Å². The number of rotatable bonds is 2. The second-order valence-corrected chi connectivity index (χ2v) is 8.05. The van der Waals surface area contributed by atoms with E-state index >= 15 is 0 Å². The molecule has 4 aliphatic rings. The molecule has 0 bridgehead atoms. The molecule has 1 atom stereocenters. The Morgan fingerprint density at radius 3 is 3.00 bits per heavy atom. The van der Waals surface area contributed by atoms with Crippen LogP contribution in [0.25, 0.3) is 0 Å². The molecule has 1 spiro atoms. The maximum absolute atomic E-state index is 12.8. The zero-order valence-corrected chi connectivity index (χ0v) is 15.4. The molecular formula is C17H24N4O3S. The summed E-state index contributed by atoms with van der Waals surface area (Å²) in [6.07, 6.45) is 3.65. The van der Waals surface area contributed by atoms with Crippen molar-refractivity contribution in [2.75, 3.05) is 39.8 Å². The highest BCUT2D eigenvalue weighted by atomic mass is 32.2. The van der Waals surface area contributed by atoms with E-state index in [4.69, 9.17) is 4.74 Å². The van der Waals surface area contributed by atoms with Crippen molar-refractivity contribution >= 4 is 28.9 Å². The van der Waals surface area contributed by atoms with E-state index in [1.54, 1.807) is 23.7 Å². The lowest BCUT2D eigenvalue weighted by Gasteiger charge is -2.27. The molecule has 2 fully saturated rings. The monoisotopic (exact) mass is 364 g/mol. The fraction of sp³-hybridized carbons (Fsp3) is 0.706. The smallest absolute Gasteiger partial charge is 0.410 e. The van der Waals surface area contributed by atoms with Gasteiger partial charge in [0.2, 0.25) is 5.91 Å². The van der Waals surface area contributed by atoms with Gasteiger partial charge in [-0.05, 0) is 24.7 Å². The maximum Gasteiger partial charge on any atom is 0.410 e. The minimum absolute atomic E-state index is 0.161. The molecule has 8 heteroatoms. The molecule has 0 unspecified atom stereocenters. The van der Waals surface area contributed by atoms with E-state index in [2.05, 4.69) is 15.3 Å². The average molecular weight is 364 g/mol. The second kappa shape index (κ2) is 6.55. The van der Waals surface area contributed by atoms with Gasteiger partial charge in [-0.15, -0.1) is 0 Å². The second-order valence-electron chi connectivity index (χ2n) is 7.21. The molecule has 0 aliphatic carbocycles. The molecule has 2 amide bonds. The summed E-state index contributed by atoms with van der Waals surface area (Å²) >= 11 is 1.62. The third kappa shape index (κ3) is 3.23. The number of hydrogen-bond donors (Lipinski definition) is 0. The first kappa shape index (κ1) is 16.8. The van der Waals surface area contributed by atoms with Crippen LogP contribution in [0.5, 0.6) is 0 Å². The highest BCUT2D eigenvalue weighted by Crippen LogP contribution is 2.34. The van der Waals surface area contributed by atoms with Crippen LogP contribution < -0.4 is 0 Å². The number of fused-ring (bicyclic) bond motifs is 1. The summed E-state index contributed by atoms with van der Waals surface area (Å²) in [6, 6.07) is 0. The average Bonchev–Trinajstić information content (AvgIpc) is 3.04. The Hall–Kier alpha value is -1.70. The van der Waals surface area contributed by atoms with Crippen molar-refractivity contribution in [3.8, 4) is 0 Å². The number of likely N-dealkylation sites (tertiary alicyclic amines) is 1. The fourth-order valence-electron chi connectivity index (χ4n) is 4.01. The number of carbonyl (C=O) groups excluding carboxylic acids is 2. The van der Waals surface area contributed by atoms with Crippen molar-refractivity contribution in [2.24, 2.45) is 4.99 Å². The predicted octanol–water partition coefficient (Wildman–Crippen LogP) is 1.86. The molecule has 0 aromatic heterocycles. The van der Waals surface area contributed by atoms with Gasteiger partial charge >= 0.3 is 6.09 Å². The number of amides is 2. The van der Waals surface area contributed by atoms with Crippen molar-refractivity contribution in [3.05, 3.63) is 11.1 Å². The first-order valence-electron chi connectivity index (χ1n) is 8.96. The summed E-state index contributed by atoms with van der Waals surface area (Å²) in [5.41, 5.74) is 0.662. The van der Waals surface area contributed by atoms with Crippen molar-refractivity contribution < 1.29 is 14.3 Å². The van der Waals surface area contributed by atoms with E-state index in [9.17, 15) is 9.59 Å². The van der Waals surface area contributed by atoms with Gasteiger partial charge in [-0.25, -0.2) is 4.79 Å². The summed E-state index contributed by atoms with van der Waals surface area (Å²) in [7, 11) is 1.77. The number of carbonyl (C=O) groups is 2. The van der Waals surface area contributed by atoms with Crippen molar-refractivity contribution in [2.45, 2.75) is 37.7 Å². The number of ether oxygens (including phenoxy) is 1. The van der Waals surface area contributed by atoms with Crippen LogP contribution in [0.1, 0.15) is 32.1 Å². The van der Waals surface area contributed by atoms with E-state index in [0.29, 0.717) is 19.5 Å². The van der Waals surface area contributed by atoms with Crippen LogP contribution in [0.15, 0.2) is 16.1 Å². The predicted molar refractivity (Wildman–Crippen MR) is 96.2 cm³/mol. The minimum Gasteiger partial charge on any atom is -0.441 e. The number of nitrogens with zero attached hydrogens (tertiary/aromatic N) is 4. The lowest BCUT2D eigenvalue weighted by molar-refractivity contribution is -0.130. The molecule has 136 valence electrons. The van der Waals surface area contributed by atoms with Crippen LogP contribution in [0, 0.1) is 0 Å². The normalized spacial score (nSPS) is 29.3. The van der Waals surface area contributed by atoms with Gasteiger partial charge in [-0.1, -0.05) is 11.8 Å². The molecule has 25 heavy (non-hydrogen) atoms. The summed E-state index contributed by atoms with van der Waals surface area (Å²) in [5.74, 6) is 0.161. The zero-order chi connectivity index (χ0) is 17.4. The highest BCUT2D eigenvalue weighted by molar-refractivity contribution is 8.16. The number of amidine groups is 1. The number of thioether (sulfide) groups is 1. The van der Waals surface area contributed by atoms with Crippen molar-refractivity contribution in [3.63, 3.8) is 0 Å². The molecule has 0 saturated carbocycles. The third-order valence-corrected chi connectivity index (χ3v) is 6.34. The summed E-state index contributed by atoms with van der Waals surface area (Å²) in [6.45, 7) is 3.86. The topological polar surface area (TPSA) is 65.4 Å². The Morgan fingerprint density at radius 1 is 1.32 bits per heavy atom. The molecular weight excluding hydrogens is 340 g/mol. The van der Waals surface area contributed by atoms with E-state index in [0.717, 1.165) is 56.2 Å². The molecule has 7 nitrogen and oxygen atoms in total.